The van der Waals surface area contributed by atoms with E-state index in [0.717, 1.165) is 18.2 Å². The molecule has 4 nitrogen and oxygen atoms in total. The lowest BCUT2D eigenvalue weighted by Gasteiger charge is -2.38. The van der Waals surface area contributed by atoms with Crippen molar-refractivity contribution in [2.45, 2.75) is 79.3 Å². The number of carbonyl (C=O) groups is 2. The molecular weight excluding hydrogens is 300 g/mol. The van der Waals surface area contributed by atoms with E-state index in [9.17, 15) is 9.59 Å². The van der Waals surface area contributed by atoms with Crippen LogP contribution in [0.2, 0.25) is 1.41 Å². The zero-order valence-electron chi connectivity index (χ0n) is 17.3. The van der Waals surface area contributed by atoms with Gasteiger partial charge in [0.15, 0.2) is 1.41 Å². The summed E-state index contributed by atoms with van der Waals surface area (Å²) in [4.78, 5) is 25.1. The summed E-state index contributed by atoms with van der Waals surface area (Å²) in [6.07, 6.45) is 3.76. The second-order valence-electron chi connectivity index (χ2n) is 8.30. The molecule has 24 heavy (non-hydrogen) atoms. The van der Waals surface area contributed by atoms with Gasteiger partial charge in [0.1, 0.15) is 6.04 Å². The van der Waals surface area contributed by atoms with E-state index in [1.165, 1.54) is 6.42 Å². The van der Waals surface area contributed by atoms with Crippen LogP contribution in [0.5, 0.6) is 0 Å². The minimum Gasteiger partial charge on any atom is -0.351 e. The third kappa shape index (κ3) is 6.29. The van der Waals surface area contributed by atoms with E-state index >= 15 is 0 Å². The number of hydrogen-bond acceptors (Lipinski definition) is 2. The first-order valence-corrected chi connectivity index (χ1v) is 9.32. The van der Waals surface area contributed by atoms with Crippen molar-refractivity contribution in [3.8, 4) is 0 Å². The zero-order valence-corrected chi connectivity index (χ0v) is 16.3. The summed E-state index contributed by atoms with van der Waals surface area (Å²) < 4.78 is 8.14. The van der Waals surface area contributed by atoms with Gasteiger partial charge in [-0.3, -0.25) is 9.59 Å². The van der Waals surface area contributed by atoms with Crippen molar-refractivity contribution >= 4 is 11.8 Å². The van der Waals surface area contributed by atoms with Crippen LogP contribution >= 0.6 is 0 Å². The van der Waals surface area contributed by atoms with Crippen molar-refractivity contribution in [3.63, 3.8) is 0 Å². The van der Waals surface area contributed by atoms with Crippen LogP contribution in [-0.4, -0.2) is 23.9 Å². The van der Waals surface area contributed by atoms with Crippen molar-refractivity contribution in [1.29, 1.82) is 0 Å². The fraction of sp³-hybridized carbons (Fsp3) is 0.800. The number of rotatable bonds is 7. The summed E-state index contributed by atoms with van der Waals surface area (Å²) in [5.74, 6) is 1.07. The van der Waals surface area contributed by atoms with Gasteiger partial charge in [-0.15, -0.1) is 0 Å². The summed E-state index contributed by atoms with van der Waals surface area (Å²) in [6, 6.07) is -0.645. The van der Waals surface area contributed by atoms with Crippen LogP contribution < -0.4 is 10.6 Å². The summed E-state index contributed by atoms with van der Waals surface area (Å²) in [7, 11) is 0. The van der Waals surface area contributed by atoms with Crippen molar-refractivity contribution in [2.24, 2.45) is 23.7 Å². The molecule has 0 radical (unpaired) electrons. The monoisotopic (exact) mass is 337 g/mol. The predicted octanol–water partition coefficient (Wildman–Crippen LogP) is 3.67. The topological polar surface area (TPSA) is 58.2 Å². The predicted molar refractivity (Wildman–Crippen MR) is 99.5 cm³/mol. The van der Waals surface area contributed by atoms with Crippen molar-refractivity contribution < 1.29 is 11.0 Å². The van der Waals surface area contributed by atoms with Gasteiger partial charge in [0, 0.05) is 11.6 Å². The molecule has 2 N–H and O–H groups in total. The lowest BCUT2D eigenvalue weighted by molar-refractivity contribution is -0.129. The average Bonchev–Trinajstić information content (AvgIpc) is 2.50. The Bertz CT molecular complexity index is 490. The molecule has 0 bridgehead atoms. The van der Waals surface area contributed by atoms with Gasteiger partial charge in [-0.05, 0) is 49.9 Å². The molecule has 0 aromatic rings. The van der Waals surface area contributed by atoms with E-state index in [-0.39, 0.29) is 23.4 Å². The highest BCUT2D eigenvalue weighted by molar-refractivity contribution is 5.96. The molecule has 4 heteroatoms. The van der Waals surface area contributed by atoms with Crippen LogP contribution in [-0.2, 0) is 9.59 Å². The molecule has 3 unspecified atom stereocenters. The molecule has 1 saturated carbocycles. The van der Waals surface area contributed by atoms with Gasteiger partial charge in [0.2, 0.25) is 11.8 Å². The first-order chi connectivity index (χ1) is 11.5. The lowest BCUT2D eigenvalue weighted by Crippen LogP contribution is -2.53. The Balaban J connectivity index is 2.92. The first kappa shape index (κ1) is 19.0. The standard InChI is InChI=1S/C20H36N2O2/c1-12(2)10-18(22-19(23)14(5)6)20(24)21-17-11-15(7)8-9-16(17)13(3)4/h12-13,15-18H,5,8-11H2,1-4,6-7H3,(H,21,24)(H,22,23)/t15?,16?,17?,18-/m0/s1/i/hD. The fourth-order valence-electron chi connectivity index (χ4n) is 3.56. The van der Waals surface area contributed by atoms with E-state index in [0.29, 0.717) is 24.2 Å². The fourth-order valence-corrected chi connectivity index (χ4v) is 3.56. The molecule has 0 aliphatic heterocycles. The molecule has 1 rings (SSSR count). The molecule has 1 aliphatic rings. The lowest BCUT2D eigenvalue weighted by atomic mass is 9.74. The van der Waals surface area contributed by atoms with Crippen LogP contribution in [0.4, 0.5) is 0 Å². The van der Waals surface area contributed by atoms with E-state index in [2.05, 4.69) is 32.7 Å². The van der Waals surface area contributed by atoms with Crippen LogP contribution in [0.15, 0.2) is 12.2 Å². The van der Waals surface area contributed by atoms with Crippen molar-refractivity contribution in [3.05, 3.63) is 12.2 Å². The molecule has 0 saturated heterocycles. The van der Waals surface area contributed by atoms with E-state index in [4.69, 9.17) is 1.41 Å². The minimum absolute atomic E-state index is 0.124. The van der Waals surface area contributed by atoms with Crippen molar-refractivity contribution in [1.82, 2.24) is 10.6 Å². The maximum Gasteiger partial charge on any atom is 0.246 e. The SMILES string of the molecule is [2H]N(C(=O)C(=C)C)[C@@H](CC(C)C)C(=O)NC1CC(C)CCC1C(C)C. The Labute approximate surface area is 149 Å². The largest absolute Gasteiger partial charge is 0.351 e. The van der Waals surface area contributed by atoms with Crippen LogP contribution in [0.1, 0.15) is 67.2 Å². The zero-order chi connectivity index (χ0) is 19.3. The summed E-state index contributed by atoms with van der Waals surface area (Å²) in [6.45, 7) is 15.8. The third-order valence-corrected chi connectivity index (χ3v) is 4.99. The molecule has 1 fully saturated rings. The molecule has 0 spiro atoms. The minimum atomic E-state index is -0.769. The molecule has 0 aromatic carbocycles. The van der Waals surface area contributed by atoms with Gasteiger partial charge < -0.3 is 10.6 Å². The van der Waals surface area contributed by atoms with Gasteiger partial charge in [0.25, 0.3) is 0 Å². The highest BCUT2D eigenvalue weighted by Gasteiger charge is 2.33. The van der Waals surface area contributed by atoms with Crippen LogP contribution in [0.25, 0.3) is 0 Å². The maximum absolute atomic E-state index is 12.9. The smallest absolute Gasteiger partial charge is 0.246 e. The highest BCUT2D eigenvalue weighted by Crippen LogP contribution is 2.33. The normalized spacial score (nSPS) is 26.0. The van der Waals surface area contributed by atoms with Crippen molar-refractivity contribution in [2.75, 3.05) is 0 Å². The van der Waals surface area contributed by atoms with E-state index in [1.54, 1.807) is 6.92 Å². The molecule has 0 heterocycles. The molecule has 138 valence electrons. The van der Waals surface area contributed by atoms with E-state index in [1.807, 2.05) is 13.8 Å². The van der Waals surface area contributed by atoms with Gasteiger partial charge in [-0.25, -0.2) is 0 Å². The Kier molecular flexibility index (Phi) is 7.32. The Hall–Kier alpha value is -1.32. The van der Waals surface area contributed by atoms with E-state index < -0.39 is 11.9 Å². The Morgan fingerprint density at radius 2 is 1.88 bits per heavy atom. The molecule has 2 amide bonds. The van der Waals surface area contributed by atoms with Gasteiger partial charge in [0.05, 0.1) is 0 Å². The van der Waals surface area contributed by atoms with Gasteiger partial charge in [-0.1, -0.05) is 47.6 Å². The number of hydrogen-bond donors (Lipinski definition) is 2. The summed E-state index contributed by atoms with van der Waals surface area (Å²) in [5, 5.41) is 3.99. The Morgan fingerprint density at radius 1 is 1.25 bits per heavy atom. The Morgan fingerprint density at radius 3 is 2.38 bits per heavy atom. The number of amides is 2. The van der Waals surface area contributed by atoms with Gasteiger partial charge in [-0.2, -0.15) is 0 Å². The average molecular weight is 338 g/mol. The first-order valence-electron chi connectivity index (χ1n) is 9.77. The number of nitrogens with one attached hydrogen (secondary N) is 2. The summed E-state index contributed by atoms with van der Waals surface area (Å²) >= 11 is 0. The third-order valence-electron chi connectivity index (χ3n) is 4.99. The number of carbonyl (C=O) groups excluding carboxylic acids is 2. The van der Waals surface area contributed by atoms with Crippen LogP contribution in [0, 0.1) is 23.7 Å². The molecule has 1 aliphatic carbocycles. The quantitative estimate of drug-likeness (QED) is 0.696. The van der Waals surface area contributed by atoms with Gasteiger partial charge >= 0.3 is 0 Å². The molecular formula is C20H36N2O2. The molecule has 4 atom stereocenters. The second kappa shape index (κ2) is 9.24. The summed E-state index contributed by atoms with van der Waals surface area (Å²) in [5.41, 5.74) is 0.280. The van der Waals surface area contributed by atoms with Crippen LogP contribution in [0.3, 0.4) is 0 Å². The maximum atomic E-state index is 12.9. The highest BCUT2D eigenvalue weighted by atomic mass is 16.2. The molecule has 0 aromatic heterocycles. The second-order valence-corrected chi connectivity index (χ2v) is 8.30.